The minimum atomic E-state index is 1.20. The lowest BCUT2D eigenvalue weighted by Gasteiger charge is -1.98. The number of aromatic nitrogens is 2. The average Bonchev–Trinajstić information content (AvgIpc) is 2.80. The molecule has 0 atom stereocenters. The second-order valence-electron chi connectivity index (χ2n) is 4.35. The molecule has 1 aromatic heterocycles. The van der Waals surface area contributed by atoms with Crippen molar-refractivity contribution in [1.29, 1.82) is 0 Å². The van der Waals surface area contributed by atoms with Crippen LogP contribution < -0.4 is 4.57 Å². The van der Waals surface area contributed by atoms with Gasteiger partial charge in [0.05, 0.1) is 6.20 Å². The predicted octanol–water partition coefficient (Wildman–Crippen LogP) is 3.91. The highest BCUT2D eigenvalue weighted by Gasteiger charge is 1.91. The summed E-state index contributed by atoms with van der Waals surface area (Å²) in [7, 11) is 0. The first-order valence-electron chi connectivity index (χ1n) is 6.63. The number of hydrogen-bond acceptors (Lipinski definition) is 0. The van der Waals surface area contributed by atoms with Crippen LogP contribution in [0, 0.1) is 0 Å². The normalized spacial score (nSPS) is 11.3. The number of imidazole rings is 1. The van der Waals surface area contributed by atoms with Gasteiger partial charge < -0.3 is 0 Å². The number of hydrogen-bond donors (Lipinski definition) is 1. The summed E-state index contributed by atoms with van der Waals surface area (Å²) in [6.45, 7) is 2.27. The van der Waals surface area contributed by atoms with Crippen LogP contribution in [0.4, 0.5) is 0 Å². The summed E-state index contributed by atoms with van der Waals surface area (Å²) in [5.74, 6) is 0. The second kappa shape index (κ2) is 9.20. The lowest BCUT2D eigenvalue weighted by molar-refractivity contribution is -0.566. The molecule has 1 N–H and O–H groups in total. The molecule has 16 heavy (non-hydrogen) atoms. The number of aromatic amines is 1. The molecule has 1 aromatic rings. The van der Waals surface area contributed by atoms with Crippen LogP contribution in [0.2, 0.25) is 0 Å². The SMILES string of the molecule is CCCCCCCCCC=C[n+]1cc[nH]c1. The van der Waals surface area contributed by atoms with Gasteiger partial charge in [0.15, 0.2) is 0 Å². The summed E-state index contributed by atoms with van der Waals surface area (Å²) in [4.78, 5) is 3.02. The van der Waals surface area contributed by atoms with Crippen molar-refractivity contribution in [3.8, 4) is 0 Å². The van der Waals surface area contributed by atoms with E-state index < -0.39 is 0 Å². The van der Waals surface area contributed by atoms with E-state index >= 15 is 0 Å². The topological polar surface area (TPSA) is 19.7 Å². The molecule has 0 aromatic carbocycles. The fourth-order valence-electron chi connectivity index (χ4n) is 1.81. The largest absolute Gasteiger partial charge is 0.250 e. The fraction of sp³-hybridized carbons (Fsp3) is 0.643. The van der Waals surface area contributed by atoms with E-state index in [-0.39, 0.29) is 0 Å². The van der Waals surface area contributed by atoms with Crippen molar-refractivity contribution in [1.82, 2.24) is 4.98 Å². The van der Waals surface area contributed by atoms with Crippen molar-refractivity contribution in [3.63, 3.8) is 0 Å². The van der Waals surface area contributed by atoms with Crippen LogP contribution in [0.25, 0.3) is 6.20 Å². The number of unbranched alkanes of at least 4 members (excludes halogenated alkanes) is 7. The Kier molecular flexibility index (Phi) is 7.48. The van der Waals surface area contributed by atoms with Crippen molar-refractivity contribution in [2.45, 2.75) is 58.3 Å². The maximum absolute atomic E-state index is 3.02. The molecule has 0 saturated heterocycles. The Balaban J connectivity index is 1.88. The van der Waals surface area contributed by atoms with Crippen LogP contribution in [-0.4, -0.2) is 4.98 Å². The van der Waals surface area contributed by atoms with Crippen LogP contribution in [0.15, 0.2) is 24.8 Å². The first-order valence-corrected chi connectivity index (χ1v) is 6.63. The molecule has 0 fully saturated rings. The van der Waals surface area contributed by atoms with Crippen molar-refractivity contribution in [2.24, 2.45) is 0 Å². The molecule has 1 rings (SSSR count). The fourth-order valence-corrected chi connectivity index (χ4v) is 1.81. The van der Waals surface area contributed by atoms with Crippen molar-refractivity contribution >= 4 is 6.20 Å². The highest BCUT2D eigenvalue weighted by molar-refractivity contribution is 5.04. The third kappa shape index (κ3) is 6.44. The van der Waals surface area contributed by atoms with Gasteiger partial charge in [-0.1, -0.05) is 45.4 Å². The zero-order valence-electron chi connectivity index (χ0n) is 10.5. The Labute approximate surface area is 99.4 Å². The average molecular weight is 221 g/mol. The van der Waals surface area contributed by atoms with E-state index in [0.29, 0.717) is 0 Å². The molecule has 0 aliphatic carbocycles. The predicted molar refractivity (Wildman–Crippen MR) is 68.9 cm³/mol. The van der Waals surface area contributed by atoms with Crippen molar-refractivity contribution < 1.29 is 4.57 Å². The van der Waals surface area contributed by atoms with Crippen molar-refractivity contribution in [3.05, 3.63) is 24.8 Å². The molecule has 2 nitrogen and oxygen atoms in total. The number of H-pyrrole nitrogens is 1. The highest BCUT2D eigenvalue weighted by Crippen LogP contribution is 2.08. The second-order valence-corrected chi connectivity index (χ2v) is 4.35. The van der Waals surface area contributed by atoms with E-state index in [9.17, 15) is 0 Å². The minimum Gasteiger partial charge on any atom is -0.250 e. The quantitative estimate of drug-likeness (QED) is 0.482. The molecule has 0 amide bonds. The number of nitrogens with one attached hydrogen (secondary N) is 1. The Morgan fingerprint density at radius 2 is 1.81 bits per heavy atom. The highest BCUT2D eigenvalue weighted by atomic mass is 15.0. The van der Waals surface area contributed by atoms with Crippen LogP contribution >= 0.6 is 0 Å². The Hall–Kier alpha value is -1.05. The molecule has 90 valence electrons. The molecule has 0 aliphatic heterocycles. The van der Waals surface area contributed by atoms with E-state index in [4.69, 9.17) is 0 Å². The van der Waals surface area contributed by atoms with Gasteiger partial charge in [0, 0.05) is 0 Å². The maximum Gasteiger partial charge on any atom is 0.246 e. The Morgan fingerprint density at radius 3 is 2.50 bits per heavy atom. The maximum atomic E-state index is 3.02. The van der Waals surface area contributed by atoms with Gasteiger partial charge in [-0.05, 0) is 18.9 Å². The Morgan fingerprint density at radius 1 is 1.06 bits per heavy atom. The summed E-state index contributed by atoms with van der Waals surface area (Å²) in [6, 6.07) is 0. The minimum absolute atomic E-state index is 1.20. The number of allylic oxidation sites excluding steroid dienone is 1. The number of nitrogens with zero attached hydrogens (tertiary/aromatic N) is 1. The van der Waals surface area contributed by atoms with Crippen LogP contribution in [0.3, 0.4) is 0 Å². The first kappa shape index (κ1) is 13.0. The summed E-state index contributed by atoms with van der Waals surface area (Å²) >= 11 is 0. The van der Waals surface area contributed by atoms with Crippen LogP contribution in [0.5, 0.6) is 0 Å². The van der Waals surface area contributed by atoms with Gasteiger partial charge in [0.1, 0.15) is 12.4 Å². The standard InChI is InChI=1S/C14H24N2/c1-2-3-4-5-6-7-8-9-10-12-16-13-11-15-14-16/h10-14H,2-9H2,1H3/p+1. The van der Waals surface area contributed by atoms with Gasteiger partial charge in [0.25, 0.3) is 0 Å². The lowest BCUT2D eigenvalue weighted by Crippen LogP contribution is -2.20. The van der Waals surface area contributed by atoms with Crippen LogP contribution in [-0.2, 0) is 0 Å². The van der Waals surface area contributed by atoms with Gasteiger partial charge in [-0.25, -0.2) is 9.55 Å². The summed E-state index contributed by atoms with van der Waals surface area (Å²) in [6.07, 6.45) is 21.2. The van der Waals surface area contributed by atoms with Crippen LogP contribution in [0.1, 0.15) is 58.3 Å². The third-order valence-electron chi connectivity index (χ3n) is 2.82. The monoisotopic (exact) mass is 221 g/mol. The lowest BCUT2D eigenvalue weighted by atomic mass is 10.1. The molecule has 0 bridgehead atoms. The third-order valence-corrected chi connectivity index (χ3v) is 2.82. The van der Waals surface area contributed by atoms with E-state index in [1.54, 1.807) is 0 Å². The Bertz CT molecular complexity index is 262. The zero-order valence-corrected chi connectivity index (χ0v) is 10.5. The molecular weight excluding hydrogens is 196 g/mol. The molecule has 0 spiro atoms. The van der Waals surface area contributed by atoms with E-state index in [1.807, 2.05) is 23.3 Å². The van der Waals surface area contributed by atoms with Gasteiger partial charge in [0.2, 0.25) is 6.33 Å². The molecule has 0 unspecified atom stereocenters. The molecule has 1 heterocycles. The van der Waals surface area contributed by atoms with E-state index in [1.165, 1.54) is 51.4 Å². The van der Waals surface area contributed by atoms with Gasteiger partial charge in [-0.2, -0.15) is 0 Å². The first-order chi connectivity index (χ1) is 7.93. The molecule has 0 saturated carbocycles. The van der Waals surface area contributed by atoms with Gasteiger partial charge in [-0.3, -0.25) is 0 Å². The summed E-state index contributed by atoms with van der Waals surface area (Å²) < 4.78 is 2.04. The molecule has 2 heteroatoms. The van der Waals surface area contributed by atoms with Gasteiger partial charge in [-0.15, -0.1) is 0 Å². The van der Waals surface area contributed by atoms with E-state index in [0.717, 1.165) is 0 Å². The smallest absolute Gasteiger partial charge is 0.246 e. The summed E-state index contributed by atoms with van der Waals surface area (Å²) in [5, 5.41) is 0. The summed E-state index contributed by atoms with van der Waals surface area (Å²) in [5.41, 5.74) is 0. The molecule has 0 aliphatic rings. The van der Waals surface area contributed by atoms with E-state index in [2.05, 4.69) is 24.2 Å². The molecule has 0 radical (unpaired) electrons. The molecular formula is C14H25N2+. The zero-order chi connectivity index (χ0) is 11.5. The van der Waals surface area contributed by atoms with Crippen molar-refractivity contribution in [2.75, 3.05) is 0 Å². The van der Waals surface area contributed by atoms with Gasteiger partial charge >= 0.3 is 0 Å². The number of rotatable bonds is 9.